The zero-order chi connectivity index (χ0) is 23.2. The number of aromatic nitrogens is 2. The summed E-state index contributed by atoms with van der Waals surface area (Å²) in [5.41, 5.74) is 5.09. The topological polar surface area (TPSA) is 70.2 Å². The fraction of sp³-hybridized carbons (Fsp3) is 0.214. The fourth-order valence-electron chi connectivity index (χ4n) is 4.24. The molecular formula is C28H28N4O2. The standard InChI is InChI=1S/C28H28N4O2/c33-28(29-18-24-17-25(31-30-24)21-9-3-1-4-10-21)15-16-32-19-23-13-7-8-14-26(23)34-27(20-32)22-11-5-2-6-12-22/h1-14,17,27H,15-16,18-20H2,(H,29,33)(H,30,31)/t27-/m0/s1. The van der Waals surface area contributed by atoms with Crippen molar-refractivity contribution in [3.8, 4) is 17.0 Å². The van der Waals surface area contributed by atoms with Crippen molar-refractivity contribution in [3.05, 3.63) is 108 Å². The van der Waals surface area contributed by atoms with Crippen molar-refractivity contribution >= 4 is 5.91 Å². The molecule has 0 fully saturated rings. The van der Waals surface area contributed by atoms with Crippen LogP contribution in [0.3, 0.4) is 0 Å². The summed E-state index contributed by atoms with van der Waals surface area (Å²) in [4.78, 5) is 14.9. The van der Waals surface area contributed by atoms with Crippen LogP contribution in [-0.2, 0) is 17.9 Å². The van der Waals surface area contributed by atoms with Gasteiger partial charge in [0.25, 0.3) is 0 Å². The van der Waals surface area contributed by atoms with Crippen LogP contribution in [0.5, 0.6) is 5.75 Å². The van der Waals surface area contributed by atoms with Gasteiger partial charge in [-0.25, -0.2) is 0 Å². The third-order valence-electron chi connectivity index (χ3n) is 6.06. The van der Waals surface area contributed by atoms with Crippen LogP contribution in [0.15, 0.2) is 91.0 Å². The van der Waals surface area contributed by atoms with Gasteiger partial charge in [-0.15, -0.1) is 0 Å². The Hall–Kier alpha value is -3.90. The number of para-hydroxylation sites is 1. The van der Waals surface area contributed by atoms with Crippen molar-refractivity contribution in [2.24, 2.45) is 0 Å². The largest absolute Gasteiger partial charge is 0.484 e. The molecule has 6 nitrogen and oxygen atoms in total. The Morgan fingerprint density at radius 1 is 1.00 bits per heavy atom. The molecule has 0 saturated carbocycles. The smallest absolute Gasteiger partial charge is 0.221 e. The Morgan fingerprint density at radius 3 is 2.56 bits per heavy atom. The molecule has 0 saturated heterocycles. The van der Waals surface area contributed by atoms with E-state index in [1.54, 1.807) is 0 Å². The summed E-state index contributed by atoms with van der Waals surface area (Å²) in [7, 11) is 0. The highest BCUT2D eigenvalue weighted by Crippen LogP contribution is 2.31. The number of benzene rings is 3. The number of carbonyl (C=O) groups is 1. The molecule has 0 bridgehead atoms. The van der Waals surface area contributed by atoms with Gasteiger partial charge in [0, 0.05) is 37.2 Å². The minimum atomic E-state index is -0.0747. The zero-order valence-electron chi connectivity index (χ0n) is 19.0. The first-order chi connectivity index (χ1) is 16.7. The Bertz CT molecular complexity index is 1220. The van der Waals surface area contributed by atoms with E-state index in [1.807, 2.05) is 72.8 Å². The van der Waals surface area contributed by atoms with Gasteiger partial charge in [0.1, 0.15) is 11.9 Å². The monoisotopic (exact) mass is 452 g/mol. The average molecular weight is 453 g/mol. The molecule has 1 aliphatic rings. The van der Waals surface area contributed by atoms with E-state index < -0.39 is 0 Å². The molecule has 1 atom stereocenters. The first-order valence-electron chi connectivity index (χ1n) is 11.6. The third kappa shape index (κ3) is 5.35. The van der Waals surface area contributed by atoms with Crippen LogP contribution < -0.4 is 10.1 Å². The van der Waals surface area contributed by atoms with E-state index in [9.17, 15) is 4.79 Å². The van der Waals surface area contributed by atoms with Crippen LogP contribution in [0.25, 0.3) is 11.3 Å². The molecule has 34 heavy (non-hydrogen) atoms. The quantitative estimate of drug-likeness (QED) is 0.426. The lowest BCUT2D eigenvalue weighted by Gasteiger charge is -2.24. The third-order valence-corrected chi connectivity index (χ3v) is 6.06. The second kappa shape index (κ2) is 10.4. The first-order valence-corrected chi connectivity index (χ1v) is 11.6. The van der Waals surface area contributed by atoms with Gasteiger partial charge in [-0.2, -0.15) is 5.10 Å². The molecule has 2 heterocycles. The van der Waals surface area contributed by atoms with Crippen molar-refractivity contribution in [3.63, 3.8) is 0 Å². The number of H-pyrrole nitrogens is 1. The molecule has 1 aliphatic heterocycles. The number of hydrogen-bond acceptors (Lipinski definition) is 4. The van der Waals surface area contributed by atoms with Crippen molar-refractivity contribution in [2.45, 2.75) is 25.6 Å². The van der Waals surface area contributed by atoms with Crippen molar-refractivity contribution < 1.29 is 9.53 Å². The van der Waals surface area contributed by atoms with E-state index in [1.165, 1.54) is 0 Å². The second-order valence-electron chi connectivity index (χ2n) is 8.53. The molecule has 0 radical (unpaired) electrons. The Labute approximate surface area is 199 Å². The molecule has 4 aromatic rings. The minimum Gasteiger partial charge on any atom is -0.484 e. The van der Waals surface area contributed by atoms with Gasteiger partial charge in [-0.1, -0.05) is 78.9 Å². The van der Waals surface area contributed by atoms with Gasteiger partial charge in [0.2, 0.25) is 5.91 Å². The van der Waals surface area contributed by atoms with E-state index in [0.29, 0.717) is 19.5 Å². The number of rotatable bonds is 7. The van der Waals surface area contributed by atoms with E-state index in [-0.39, 0.29) is 12.0 Å². The minimum absolute atomic E-state index is 0.0190. The van der Waals surface area contributed by atoms with E-state index >= 15 is 0 Å². The number of nitrogens with zero attached hydrogens (tertiary/aromatic N) is 2. The lowest BCUT2D eigenvalue weighted by Crippen LogP contribution is -2.33. The maximum Gasteiger partial charge on any atom is 0.221 e. The molecular weight excluding hydrogens is 424 g/mol. The summed E-state index contributed by atoms with van der Waals surface area (Å²) in [5.74, 6) is 0.933. The summed E-state index contributed by atoms with van der Waals surface area (Å²) in [6.07, 6.45) is 0.345. The molecule has 0 aliphatic carbocycles. The number of aromatic amines is 1. The number of carbonyl (C=O) groups excluding carboxylic acids is 1. The molecule has 1 aromatic heterocycles. The van der Waals surface area contributed by atoms with Gasteiger partial charge in [0.05, 0.1) is 17.9 Å². The fourth-order valence-corrected chi connectivity index (χ4v) is 4.24. The number of nitrogens with one attached hydrogen (secondary N) is 2. The number of ether oxygens (including phenoxy) is 1. The van der Waals surface area contributed by atoms with Crippen LogP contribution in [0.4, 0.5) is 0 Å². The highest BCUT2D eigenvalue weighted by molar-refractivity contribution is 5.76. The average Bonchev–Trinajstić information content (AvgIpc) is 3.28. The van der Waals surface area contributed by atoms with Crippen molar-refractivity contribution in [1.82, 2.24) is 20.4 Å². The van der Waals surface area contributed by atoms with Crippen molar-refractivity contribution in [2.75, 3.05) is 13.1 Å². The van der Waals surface area contributed by atoms with Crippen LogP contribution >= 0.6 is 0 Å². The Morgan fingerprint density at radius 2 is 1.74 bits per heavy atom. The summed E-state index contributed by atoms with van der Waals surface area (Å²) < 4.78 is 6.37. The van der Waals surface area contributed by atoms with Crippen molar-refractivity contribution in [1.29, 1.82) is 0 Å². The number of fused-ring (bicyclic) bond motifs is 1. The SMILES string of the molecule is O=C(CCN1Cc2ccccc2O[C@H](c2ccccc2)C1)NCc1cc(-c2ccccc2)n[nH]1. The summed E-state index contributed by atoms with van der Waals surface area (Å²) in [6, 6.07) is 30.4. The maximum atomic E-state index is 12.6. The number of hydrogen-bond donors (Lipinski definition) is 2. The summed E-state index contributed by atoms with van der Waals surface area (Å²) in [6.45, 7) is 2.57. The van der Waals surface area contributed by atoms with Gasteiger partial charge in [-0.3, -0.25) is 14.8 Å². The van der Waals surface area contributed by atoms with Gasteiger partial charge >= 0.3 is 0 Å². The molecule has 1 amide bonds. The lowest BCUT2D eigenvalue weighted by molar-refractivity contribution is -0.121. The maximum absolute atomic E-state index is 12.6. The molecule has 3 aromatic carbocycles. The molecule has 6 heteroatoms. The molecule has 172 valence electrons. The molecule has 0 unspecified atom stereocenters. The second-order valence-corrected chi connectivity index (χ2v) is 8.53. The predicted molar refractivity (Wildman–Crippen MR) is 132 cm³/mol. The molecule has 0 spiro atoms. The van der Waals surface area contributed by atoms with E-state index in [4.69, 9.17) is 4.74 Å². The highest BCUT2D eigenvalue weighted by Gasteiger charge is 2.24. The van der Waals surface area contributed by atoms with Gasteiger partial charge < -0.3 is 10.1 Å². The highest BCUT2D eigenvalue weighted by atomic mass is 16.5. The van der Waals surface area contributed by atoms with Crippen LogP contribution in [0, 0.1) is 0 Å². The van der Waals surface area contributed by atoms with Gasteiger partial charge in [0.15, 0.2) is 0 Å². The van der Waals surface area contributed by atoms with Gasteiger partial charge in [-0.05, 0) is 17.7 Å². The summed E-state index contributed by atoms with van der Waals surface area (Å²) in [5, 5.41) is 10.4. The Balaban J connectivity index is 1.18. The van der Waals surface area contributed by atoms with Crippen LogP contribution in [0.2, 0.25) is 0 Å². The first kappa shape index (κ1) is 21.9. The molecule has 5 rings (SSSR count). The van der Waals surface area contributed by atoms with Crippen LogP contribution in [0.1, 0.15) is 29.3 Å². The lowest BCUT2D eigenvalue weighted by atomic mass is 10.1. The zero-order valence-corrected chi connectivity index (χ0v) is 19.0. The Kier molecular flexibility index (Phi) is 6.68. The van der Waals surface area contributed by atoms with Crippen LogP contribution in [-0.4, -0.2) is 34.1 Å². The number of amides is 1. The normalized spacial score (nSPS) is 15.7. The molecule has 2 N–H and O–H groups in total. The summed E-state index contributed by atoms with van der Waals surface area (Å²) >= 11 is 0. The van der Waals surface area contributed by atoms with E-state index in [2.05, 4.69) is 38.6 Å². The predicted octanol–water partition coefficient (Wildman–Crippen LogP) is 4.72. The van der Waals surface area contributed by atoms with E-state index in [0.717, 1.165) is 46.9 Å².